The third-order valence-corrected chi connectivity index (χ3v) is 5.53. The smallest absolute Gasteiger partial charge is 0.248 e. The fourth-order valence-electron chi connectivity index (χ4n) is 3.60. The van der Waals surface area contributed by atoms with Gasteiger partial charge in [-0.25, -0.2) is 8.78 Å². The summed E-state index contributed by atoms with van der Waals surface area (Å²) in [5.74, 6) is -1.82. The molecule has 0 amide bonds. The van der Waals surface area contributed by atoms with Crippen molar-refractivity contribution < 1.29 is 8.78 Å². The van der Waals surface area contributed by atoms with Gasteiger partial charge in [-0.3, -0.25) is 4.99 Å². The lowest BCUT2D eigenvalue weighted by Gasteiger charge is -2.28. The highest BCUT2D eigenvalue weighted by Crippen LogP contribution is 2.37. The van der Waals surface area contributed by atoms with Crippen molar-refractivity contribution in [2.75, 3.05) is 0 Å². The van der Waals surface area contributed by atoms with Gasteiger partial charge in [-0.05, 0) is 57.9 Å². The Kier molecular flexibility index (Phi) is 6.54. The van der Waals surface area contributed by atoms with Crippen LogP contribution in [0.15, 0.2) is 40.1 Å². The van der Waals surface area contributed by atoms with E-state index in [9.17, 15) is 8.78 Å². The van der Waals surface area contributed by atoms with Gasteiger partial charge in [0.05, 0.1) is 0 Å². The fourth-order valence-corrected chi connectivity index (χ4v) is 3.60. The molecule has 0 saturated heterocycles. The standard InChI is InChI=1S/C21H31F2N/c1-5-6-20(19-8-7-15(2)16(3)13-19)14-24-17(4)18-9-11-21(22,23)12-10-18/h7-8,14,18-19H,5-6,9-13H2,1-4H3/b20-14+,24-17+. The molecule has 0 aromatic rings. The molecule has 1 nitrogen and oxygen atoms in total. The van der Waals surface area contributed by atoms with E-state index in [1.165, 1.54) is 16.7 Å². The molecule has 0 aliphatic heterocycles. The van der Waals surface area contributed by atoms with Gasteiger partial charge in [0.1, 0.15) is 0 Å². The van der Waals surface area contributed by atoms with Crippen LogP contribution in [0, 0.1) is 11.8 Å². The topological polar surface area (TPSA) is 12.4 Å². The number of rotatable bonds is 5. The molecule has 1 saturated carbocycles. The van der Waals surface area contributed by atoms with E-state index in [2.05, 4.69) is 32.9 Å². The monoisotopic (exact) mass is 335 g/mol. The number of aliphatic imine (C=N–C) groups is 1. The number of alkyl halides is 2. The molecular weight excluding hydrogens is 304 g/mol. The summed E-state index contributed by atoms with van der Waals surface area (Å²) in [5, 5.41) is 0. The molecule has 0 aromatic heterocycles. The van der Waals surface area contributed by atoms with E-state index < -0.39 is 5.92 Å². The number of nitrogens with zero attached hydrogens (tertiary/aromatic N) is 1. The highest BCUT2D eigenvalue weighted by Gasteiger charge is 2.35. The van der Waals surface area contributed by atoms with Crippen molar-refractivity contribution in [2.24, 2.45) is 16.8 Å². The van der Waals surface area contributed by atoms with Crippen LogP contribution in [0.25, 0.3) is 0 Å². The first-order valence-electron chi connectivity index (χ1n) is 9.28. The second-order valence-electron chi connectivity index (χ2n) is 7.49. The van der Waals surface area contributed by atoms with E-state index in [0.29, 0.717) is 18.8 Å². The largest absolute Gasteiger partial charge is 0.266 e. The van der Waals surface area contributed by atoms with Gasteiger partial charge in [0.15, 0.2) is 0 Å². The Bertz CT molecular complexity index is 556. The molecule has 0 spiro atoms. The molecule has 0 aromatic carbocycles. The van der Waals surface area contributed by atoms with Gasteiger partial charge in [-0.15, -0.1) is 0 Å². The van der Waals surface area contributed by atoms with Crippen LogP contribution >= 0.6 is 0 Å². The average Bonchev–Trinajstić information content (AvgIpc) is 2.54. The van der Waals surface area contributed by atoms with Crippen LogP contribution in [0.2, 0.25) is 0 Å². The molecule has 1 unspecified atom stereocenters. The Morgan fingerprint density at radius 3 is 2.54 bits per heavy atom. The number of halogens is 2. The lowest BCUT2D eigenvalue weighted by atomic mass is 9.83. The summed E-state index contributed by atoms with van der Waals surface area (Å²) in [4.78, 5) is 4.69. The zero-order valence-corrected chi connectivity index (χ0v) is 15.5. The molecule has 0 heterocycles. The van der Waals surface area contributed by atoms with Crippen LogP contribution < -0.4 is 0 Å². The minimum atomic E-state index is -2.46. The Morgan fingerprint density at radius 1 is 1.29 bits per heavy atom. The van der Waals surface area contributed by atoms with Gasteiger partial charge in [0, 0.05) is 30.7 Å². The van der Waals surface area contributed by atoms with E-state index in [1.54, 1.807) is 0 Å². The average molecular weight is 335 g/mol. The highest BCUT2D eigenvalue weighted by atomic mass is 19.3. The molecule has 0 bridgehead atoms. The minimum Gasteiger partial charge on any atom is -0.266 e. The van der Waals surface area contributed by atoms with Crippen LogP contribution in [-0.2, 0) is 0 Å². The third kappa shape index (κ3) is 5.12. The van der Waals surface area contributed by atoms with Crippen molar-refractivity contribution in [2.45, 2.75) is 78.6 Å². The van der Waals surface area contributed by atoms with Gasteiger partial charge in [-0.2, -0.15) is 0 Å². The van der Waals surface area contributed by atoms with E-state index in [0.717, 1.165) is 25.0 Å². The lowest BCUT2D eigenvalue weighted by Crippen LogP contribution is -2.27. The molecule has 1 fully saturated rings. The molecule has 1 atom stereocenters. The lowest BCUT2D eigenvalue weighted by molar-refractivity contribution is -0.0394. The zero-order chi connectivity index (χ0) is 17.7. The summed E-state index contributed by atoms with van der Waals surface area (Å²) in [6, 6.07) is 0. The van der Waals surface area contributed by atoms with Crippen LogP contribution in [0.1, 0.15) is 72.6 Å². The van der Waals surface area contributed by atoms with E-state index in [4.69, 9.17) is 4.99 Å². The second kappa shape index (κ2) is 8.22. The Balaban J connectivity index is 2.06. The van der Waals surface area contributed by atoms with Gasteiger partial charge in [-0.1, -0.05) is 36.6 Å². The van der Waals surface area contributed by atoms with E-state index >= 15 is 0 Å². The van der Waals surface area contributed by atoms with Crippen LogP contribution in [0.3, 0.4) is 0 Å². The summed E-state index contributed by atoms with van der Waals surface area (Å²) >= 11 is 0. The first kappa shape index (κ1) is 19.1. The second-order valence-corrected chi connectivity index (χ2v) is 7.49. The summed E-state index contributed by atoms with van der Waals surface area (Å²) in [6.45, 7) is 8.55. The van der Waals surface area contributed by atoms with E-state index in [-0.39, 0.29) is 18.8 Å². The van der Waals surface area contributed by atoms with E-state index in [1.807, 2.05) is 13.1 Å². The fraction of sp³-hybridized carbons (Fsp3) is 0.667. The van der Waals surface area contributed by atoms with Crippen molar-refractivity contribution in [3.63, 3.8) is 0 Å². The van der Waals surface area contributed by atoms with Crippen LogP contribution in [-0.4, -0.2) is 11.6 Å². The molecule has 0 radical (unpaired) electrons. The number of allylic oxidation sites excluding steroid dienone is 5. The summed E-state index contributed by atoms with van der Waals surface area (Å²) < 4.78 is 26.6. The maximum atomic E-state index is 13.3. The molecule has 3 heteroatoms. The first-order chi connectivity index (χ1) is 11.3. The van der Waals surface area contributed by atoms with Crippen molar-refractivity contribution >= 4 is 5.71 Å². The Morgan fingerprint density at radius 2 is 1.96 bits per heavy atom. The normalized spacial score (nSPS) is 26.2. The Labute approximate surface area is 145 Å². The predicted molar refractivity (Wildman–Crippen MR) is 98.6 cm³/mol. The number of hydrogen-bond donors (Lipinski definition) is 0. The molecule has 2 aliphatic rings. The maximum absolute atomic E-state index is 13.3. The SMILES string of the molecule is CCC/C(=C\N=C(/C)C1CCC(F)(F)CC1)C1C=CC(C)=C(C)C1. The number of hydrogen-bond acceptors (Lipinski definition) is 1. The summed E-state index contributed by atoms with van der Waals surface area (Å²) in [5.41, 5.74) is 5.19. The quantitative estimate of drug-likeness (QED) is 0.486. The first-order valence-corrected chi connectivity index (χ1v) is 9.28. The maximum Gasteiger partial charge on any atom is 0.248 e. The van der Waals surface area contributed by atoms with Crippen LogP contribution in [0.5, 0.6) is 0 Å². The third-order valence-electron chi connectivity index (χ3n) is 5.53. The molecule has 134 valence electrons. The molecule has 24 heavy (non-hydrogen) atoms. The highest BCUT2D eigenvalue weighted by molar-refractivity contribution is 5.85. The minimum absolute atomic E-state index is 0.00465. The zero-order valence-electron chi connectivity index (χ0n) is 15.5. The molecule has 2 rings (SSSR count). The predicted octanol–water partition coefficient (Wildman–Crippen LogP) is 6.87. The molecule has 2 aliphatic carbocycles. The summed E-state index contributed by atoms with van der Waals surface area (Å²) in [6.07, 6.45) is 10.9. The van der Waals surface area contributed by atoms with Crippen molar-refractivity contribution in [3.8, 4) is 0 Å². The Hall–Kier alpha value is -1.25. The van der Waals surface area contributed by atoms with Gasteiger partial charge in [0.25, 0.3) is 0 Å². The molecule has 0 N–H and O–H groups in total. The van der Waals surface area contributed by atoms with Gasteiger partial charge >= 0.3 is 0 Å². The van der Waals surface area contributed by atoms with Crippen molar-refractivity contribution in [1.29, 1.82) is 0 Å². The van der Waals surface area contributed by atoms with Gasteiger partial charge in [0.2, 0.25) is 5.92 Å². The van der Waals surface area contributed by atoms with Gasteiger partial charge < -0.3 is 0 Å². The summed E-state index contributed by atoms with van der Waals surface area (Å²) in [7, 11) is 0. The van der Waals surface area contributed by atoms with Crippen LogP contribution in [0.4, 0.5) is 8.78 Å². The molecular formula is C21H31F2N. The van der Waals surface area contributed by atoms with Crippen molar-refractivity contribution in [1.82, 2.24) is 0 Å². The van der Waals surface area contributed by atoms with Crippen molar-refractivity contribution in [3.05, 3.63) is 35.1 Å².